The molecule has 0 N–H and O–H groups in total. The van der Waals surface area contributed by atoms with Crippen molar-refractivity contribution in [3.05, 3.63) is 41.7 Å². The Balaban J connectivity index is 2.80. The zero-order valence-corrected chi connectivity index (χ0v) is 10.1. The Morgan fingerprint density at radius 3 is 2.33 bits per heavy atom. The molecule has 0 saturated heterocycles. The molecule has 0 radical (unpaired) electrons. The lowest BCUT2D eigenvalue weighted by Crippen LogP contribution is -2.24. The van der Waals surface area contributed by atoms with E-state index in [9.17, 15) is 14.7 Å². The summed E-state index contributed by atoms with van der Waals surface area (Å²) in [5, 5.41) is 11.7. The predicted octanol–water partition coefficient (Wildman–Crippen LogP) is 0.442. The molecule has 0 heterocycles. The van der Waals surface area contributed by atoms with E-state index in [0.717, 1.165) is 14.0 Å². The van der Waals surface area contributed by atoms with Crippen LogP contribution in [0.4, 0.5) is 0 Å². The molecule has 0 spiro atoms. The van der Waals surface area contributed by atoms with Crippen molar-refractivity contribution in [2.75, 3.05) is 13.7 Å². The van der Waals surface area contributed by atoms with Crippen LogP contribution in [0.1, 0.15) is 6.92 Å². The standard InChI is InChI=1S/C13H14O5/c1-9(14)12(13(16)17-2)11(15)8-18-10-6-4-3-5-7-10/h3-7,15H,8H2,1-2H3/p-1. The van der Waals surface area contributed by atoms with Crippen molar-refractivity contribution in [1.29, 1.82) is 0 Å². The molecule has 1 aromatic rings. The lowest BCUT2D eigenvalue weighted by molar-refractivity contribution is -0.310. The lowest BCUT2D eigenvalue weighted by Gasteiger charge is -2.16. The first-order valence-electron chi connectivity index (χ1n) is 5.23. The van der Waals surface area contributed by atoms with Gasteiger partial charge in [-0.05, 0) is 19.1 Å². The van der Waals surface area contributed by atoms with Crippen LogP contribution in [0, 0.1) is 0 Å². The zero-order valence-electron chi connectivity index (χ0n) is 10.1. The minimum atomic E-state index is -0.941. The summed E-state index contributed by atoms with van der Waals surface area (Å²) < 4.78 is 9.54. The molecular formula is C13H13O5-. The van der Waals surface area contributed by atoms with E-state index < -0.39 is 23.1 Å². The molecule has 0 fully saturated rings. The van der Waals surface area contributed by atoms with Crippen molar-refractivity contribution in [2.45, 2.75) is 6.92 Å². The van der Waals surface area contributed by atoms with Crippen LogP contribution < -0.4 is 9.84 Å². The first kappa shape index (κ1) is 13.8. The topological polar surface area (TPSA) is 75.7 Å². The second-order valence-electron chi connectivity index (χ2n) is 3.45. The van der Waals surface area contributed by atoms with Crippen LogP contribution in [0.2, 0.25) is 0 Å². The van der Waals surface area contributed by atoms with Crippen molar-refractivity contribution in [3.63, 3.8) is 0 Å². The smallest absolute Gasteiger partial charge is 0.340 e. The summed E-state index contributed by atoms with van der Waals surface area (Å²) in [4.78, 5) is 22.4. The van der Waals surface area contributed by atoms with Crippen LogP contribution in [0.25, 0.3) is 0 Å². The van der Waals surface area contributed by atoms with Crippen LogP contribution >= 0.6 is 0 Å². The first-order chi connectivity index (χ1) is 8.56. The summed E-state index contributed by atoms with van der Waals surface area (Å²) in [6, 6.07) is 8.62. The van der Waals surface area contributed by atoms with E-state index in [-0.39, 0.29) is 6.61 Å². The molecule has 0 amide bonds. The van der Waals surface area contributed by atoms with Crippen LogP contribution in [-0.4, -0.2) is 25.5 Å². The molecule has 5 heteroatoms. The number of hydrogen-bond donors (Lipinski definition) is 0. The number of rotatable bonds is 5. The van der Waals surface area contributed by atoms with E-state index in [1.807, 2.05) is 0 Å². The number of hydrogen-bond acceptors (Lipinski definition) is 5. The Bertz CT molecular complexity index is 462. The number of methoxy groups -OCH3 is 1. The number of ketones is 1. The number of ether oxygens (including phenoxy) is 2. The van der Waals surface area contributed by atoms with E-state index in [1.165, 1.54) is 0 Å². The number of para-hydroxylation sites is 1. The van der Waals surface area contributed by atoms with Gasteiger partial charge in [-0.1, -0.05) is 24.0 Å². The number of carbonyl (C=O) groups is 2. The molecule has 0 aliphatic heterocycles. The summed E-state index contributed by atoms with van der Waals surface area (Å²) in [5.74, 6) is -1.79. The maximum absolute atomic E-state index is 11.7. The highest BCUT2D eigenvalue weighted by molar-refractivity contribution is 6.16. The highest BCUT2D eigenvalue weighted by Gasteiger charge is 2.16. The Labute approximate surface area is 105 Å². The van der Waals surface area contributed by atoms with E-state index >= 15 is 0 Å². The normalized spacial score (nSPS) is 11.4. The molecule has 0 aliphatic rings. The van der Waals surface area contributed by atoms with Crippen molar-refractivity contribution in [1.82, 2.24) is 0 Å². The maximum atomic E-state index is 11.7. The molecule has 0 saturated carbocycles. The second kappa shape index (κ2) is 6.44. The molecular weight excluding hydrogens is 236 g/mol. The van der Waals surface area contributed by atoms with Gasteiger partial charge < -0.3 is 14.6 Å². The third-order valence-electron chi connectivity index (χ3n) is 2.13. The van der Waals surface area contributed by atoms with Gasteiger partial charge in [0.2, 0.25) is 0 Å². The van der Waals surface area contributed by atoms with Gasteiger partial charge in [-0.25, -0.2) is 4.79 Å². The molecule has 0 unspecified atom stereocenters. The summed E-state index contributed by atoms with van der Waals surface area (Å²) in [7, 11) is 1.11. The van der Waals surface area contributed by atoms with Crippen molar-refractivity contribution in [2.24, 2.45) is 0 Å². The van der Waals surface area contributed by atoms with Gasteiger partial charge in [0.05, 0.1) is 12.7 Å². The molecule has 1 aromatic carbocycles. The zero-order chi connectivity index (χ0) is 13.5. The summed E-state index contributed by atoms with van der Waals surface area (Å²) in [6.07, 6.45) is 0. The molecule has 96 valence electrons. The van der Waals surface area contributed by atoms with Gasteiger partial charge in [0, 0.05) is 0 Å². The van der Waals surface area contributed by atoms with Gasteiger partial charge in [0.1, 0.15) is 12.4 Å². The van der Waals surface area contributed by atoms with E-state index in [2.05, 4.69) is 4.74 Å². The van der Waals surface area contributed by atoms with Gasteiger partial charge in [-0.15, -0.1) is 0 Å². The van der Waals surface area contributed by atoms with Gasteiger partial charge in [-0.3, -0.25) is 4.79 Å². The number of Topliss-reactive ketones (excluding diaryl/α,β-unsaturated/α-hetero) is 1. The average molecular weight is 249 g/mol. The Kier molecular flexibility index (Phi) is 4.92. The van der Waals surface area contributed by atoms with E-state index in [1.54, 1.807) is 30.3 Å². The monoisotopic (exact) mass is 249 g/mol. The van der Waals surface area contributed by atoms with Crippen molar-refractivity contribution in [3.8, 4) is 5.75 Å². The Hall–Kier alpha value is -2.30. The fourth-order valence-corrected chi connectivity index (χ4v) is 1.29. The van der Waals surface area contributed by atoms with Gasteiger partial charge in [-0.2, -0.15) is 0 Å². The molecule has 0 aliphatic carbocycles. The summed E-state index contributed by atoms with van der Waals surface area (Å²) >= 11 is 0. The molecule has 0 atom stereocenters. The molecule has 0 aromatic heterocycles. The van der Waals surface area contributed by atoms with Gasteiger partial charge in [0.15, 0.2) is 5.78 Å². The minimum absolute atomic E-state index is 0.381. The lowest BCUT2D eigenvalue weighted by atomic mass is 10.1. The summed E-state index contributed by atoms with van der Waals surface area (Å²) in [6.45, 7) is 0.751. The highest BCUT2D eigenvalue weighted by Crippen LogP contribution is 2.10. The summed E-state index contributed by atoms with van der Waals surface area (Å²) in [5.41, 5.74) is -0.506. The quantitative estimate of drug-likeness (QED) is 0.249. The van der Waals surface area contributed by atoms with Crippen LogP contribution in [0.3, 0.4) is 0 Å². The SMILES string of the molecule is COC(=O)C(C(C)=O)=C([O-])COc1ccccc1. The predicted molar refractivity (Wildman–Crippen MR) is 61.7 cm³/mol. The van der Waals surface area contributed by atoms with Crippen LogP contribution in [-0.2, 0) is 14.3 Å². The fourth-order valence-electron chi connectivity index (χ4n) is 1.29. The number of benzene rings is 1. The van der Waals surface area contributed by atoms with Gasteiger partial charge >= 0.3 is 5.97 Å². The van der Waals surface area contributed by atoms with E-state index in [0.29, 0.717) is 5.75 Å². The minimum Gasteiger partial charge on any atom is -0.873 e. The largest absolute Gasteiger partial charge is 0.873 e. The maximum Gasteiger partial charge on any atom is 0.340 e. The van der Waals surface area contributed by atoms with Crippen molar-refractivity contribution >= 4 is 11.8 Å². The van der Waals surface area contributed by atoms with Crippen LogP contribution in [0.5, 0.6) is 5.75 Å². The number of carbonyl (C=O) groups excluding carboxylic acids is 2. The van der Waals surface area contributed by atoms with E-state index in [4.69, 9.17) is 4.74 Å². The Morgan fingerprint density at radius 1 is 1.22 bits per heavy atom. The van der Waals surface area contributed by atoms with Crippen LogP contribution in [0.15, 0.2) is 41.7 Å². The van der Waals surface area contributed by atoms with Gasteiger partial charge in [0.25, 0.3) is 0 Å². The first-order valence-corrected chi connectivity index (χ1v) is 5.23. The third-order valence-corrected chi connectivity index (χ3v) is 2.13. The number of esters is 1. The molecule has 1 rings (SSSR count). The van der Waals surface area contributed by atoms with Crippen molar-refractivity contribution < 1.29 is 24.2 Å². The third kappa shape index (κ3) is 3.62. The molecule has 5 nitrogen and oxygen atoms in total. The molecule has 18 heavy (non-hydrogen) atoms. The molecule has 0 bridgehead atoms. The Morgan fingerprint density at radius 2 is 1.83 bits per heavy atom. The average Bonchev–Trinajstić information content (AvgIpc) is 2.37. The second-order valence-corrected chi connectivity index (χ2v) is 3.45. The highest BCUT2D eigenvalue weighted by atomic mass is 16.5. The fraction of sp³-hybridized carbons (Fsp3) is 0.231.